The summed E-state index contributed by atoms with van der Waals surface area (Å²) in [6.45, 7) is 9.22. The molecule has 1 fully saturated rings. The number of aryl methyl sites for hydroxylation is 3. The maximum Gasteiger partial charge on any atom is 0.225 e. The van der Waals surface area contributed by atoms with E-state index in [1.165, 1.54) is 5.56 Å². The Bertz CT molecular complexity index is 821. The third-order valence-corrected chi connectivity index (χ3v) is 5.53. The van der Waals surface area contributed by atoms with Gasteiger partial charge in [0.25, 0.3) is 0 Å². The summed E-state index contributed by atoms with van der Waals surface area (Å²) in [5, 5.41) is 3.50. The van der Waals surface area contributed by atoms with Gasteiger partial charge >= 0.3 is 0 Å². The van der Waals surface area contributed by atoms with E-state index < -0.39 is 0 Å². The van der Waals surface area contributed by atoms with Crippen molar-refractivity contribution in [2.75, 3.05) is 20.1 Å². The highest BCUT2D eigenvalue weighted by atomic mass is 35.5. The number of benzene rings is 2. The van der Waals surface area contributed by atoms with Crippen molar-refractivity contribution in [2.45, 2.75) is 33.9 Å². The molecule has 0 atom stereocenters. The number of nitrogens with zero attached hydrogens (tertiary/aromatic N) is 1. The average molecular weight is 387 g/mol. The average Bonchev–Trinajstić information content (AvgIpc) is 2.59. The second kappa shape index (κ2) is 8.32. The molecule has 0 aromatic heterocycles. The molecule has 0 bridgehead atoms. The summed E-state index contributed by atoms with van der Waals surface area (Å²) in [6, 6.07) is 10.3. The largest absolute Gasteiger partial charge is 0.488 e. The molecule has 1 aliphatic rings. The molecule has 4 nitrogen and oxygen atoms in total. The number of hydrogen-bond donors (Lipinski definition) is 1. The minimum atomic E-state index is 0.127. The van der Waals surface area contributed by atoms with Gasteiger partial charge in [-0.15, -0.1) is 0 Å². The number of likely N-dealkylation sites (tertiary alicyclic amines) is 1. The first kappa shape index (κ1) is 19.7. The molecule has 2 aromatic carbocycles. The number of nitrogens with one attached hydrogen (secondary N) is 1. The smallest absolute Gasteiger partial charge is 0.225 e. The Morgan fingerprint density at radius 1 is 1.11 bits per heavy atom. The second-order valence-electron chi connectivity index (χ2n) is 7.44. The summed E-state index contributed by atoms with van der Waals surface area (Å²) in [4.78, 5) is 13.9. The van der Waals surface area contributed by atoms with Crippen LogP contribution < -0.4 is 10.1 Å². The van der Waals surface area contributed by atoms with Crippen LogP contribution >= 0.6 is 11.6 Å². The van der Waals surface area contributed by atoms with E-state index in [9.17, 15) is 4.79 Å². The second-order valence-corrected chi connectivity index (χ2v) is 7.84. The summed E-state index contributed by atoms with van der Waals surface area (Å²) in [6.07, 6.45) is 0. The quantitative estimate of drug-likeness (QED) is 0.815. The van der Waals surface area contributed by atoms with E-state index in [1.807, 2.05) is 19.1 Å². The minimum Gasteiger partial charge on any atom is -0.488 e. The third-order valence-electron chi connectivity index (χ3n) is 5.11. The van der Waals surface area contributed by atoms with Crippen molar-refractivity contribution in [3.8, 4) is 5.75 Å². The normalized spacial score (nSPS) is 14.7. The fourth-order valence-electron chi connectivity index (χ4n) is 3.64. The van der Waals surface area contributed by atoms with Crippen LogP contribution in [0.5, 0.6) is 5.75 Å². The zero-order chi connectivity index (χ0) is 19.6. The van der Waals surface area contributed by atoms with E-state index in [1.54, 1.807) is 7.05 Å². The lowest BCUT2D eigenvalue weighted by Crippen LogP contribution is -2.52. The summed E-state index contributed by atoms with van der Waals surface area (Å²) in [5.74, 6) is 1.21. The van der Waals surface area contributed by atoms with Gasteiger partial charge < -0.3 is 10.1 Å². The van der Waals surface area contributed by atoms with Crippen molar-refractivity contribution in [1.82, 2.24) is 10.2 Å². The van der Waals surface area contributed by atoms with Crippen LogP contribution in [0.25, 0.3) is 0 Å². The molecular weight excluding hydrogens is 360 g/mol. The third kappa shape index (κ3) is 4.63. The standard InChI is InChI=1S/C22H27ClN2O2/c1-14-7-17(5-6-20(14)23)13-27-21-15(2)8-18(9-16(21)3)10-25-11-19(12-25)22(26)24-4/h5-9,19H,10-13H2,1-4H3,(H,24,26). The van der Waals surface area contributed by atoms with Gasteiger partial charge in [0.15, 0.2) is 0 Å². The van der Waals surface area contributed by atoms with Crippen LogP contribution in [0.2, 0.25) is 5.02 Å². The van der Waals surface area contributed by atoms with Gasteiger partial charge in [-0.1, -0.05) is 35.9 Å². The van der Waals surface area contributed by atoms with Crippen molar-refractivity contribution in [3.63, 3.8) is 0 Å². The molecule has 27 heavy (non-hydrogen) atoms. The first-order chi connectivity index (χ1) is 12.9. The number of carbonyl (C=O) groups is 1. The number of halogens is 1. The molecule has 3 rings (SSSR count). The van der Waals surface area contributed by atoms with Crippen molar-refractivity contribution < 1.29 is 9.53 Å². The molecule has 0 radical (unpaired) electrons. The molecular formula is C22H27ClN2O2. The van der Waals surface area contributed by atoms with Gasteiger partial charge in [-0.2, -0.15) is 0 Å². The lowest BCUT2D eigenvalue weighted by molar-refractivity contribution is -0.129. The Balaban J connectivity index is 1.61. The maximum absolute atomic E-state index is 11.6. The Hall–Kier alpha value is -2.04. The minimum absolute atomic E-state index is 0.127. The molecule has 0 aliphatic carbocycles. The fraction of sp³-hybridized carbons (Fsp3) is 0.409. The van der Waals surface area contributed by atoms with Gasteiger partial charge in [-0.3, -0.25) is 9.69 Å². The van der Waals surface area contributed by atoms with Crippen LogP contribution in [-0.4, -0.2) is 30.9 Å². The number of carbonyl (C=O) groups excluding carboxylic acids is 1. The summed E-state index contributed by atoms with van der Waals surface area (Å²) in [5.41, 5.74) is 5.71. The predicted molar refractivity (Wildman–Crippen MR) is 109 cm³/mol. The lowest BCUT2D eigenvalue weighted by atomic mass is 9.97. The Kier molecular flexibility index (Phi) is 6.08. The van der Waals surface area contributed by atoms with Gasteiger partial charge in [0, 0.05) is 31.7 Å². The monoisotopic (exact) mass is 386 g/mol. The van der Waals surface area contributed by atoms with Gasteiger partial charge in [0.2, 0.25) is 5.91 Å². The summed E-state index contributed by atoms with van der Waals surface area (Å²) < 4.78 is 6.10. The Labute approximate surface area is 166 Å². The lowest BCUT2D eigenvalue weighted by Gasteiger charge is -2.38. The van der Waals surface area contributed by atoms with E-state index in [-0.39, 0.29) is 11.8 Å². The van der Waals surface area contributed by atoms with Crippen LogP contribution in [0.3, 0.4) is 0 Å². The zero-order valence-electron chi connectivity index (χ0n) is 16.4. The van der Waals surface area contributed by atoms with Gasteiger partial charge in [0.05, 0.1) is 5.92 Å². The number of amides is 1. The summed E-state index contributed by atoms with van der Waals surface area (Å²) >= 11 is 6.09. The molecule has 1 amide bonds. The molecule has 0 spiro atoms. The number of rotatable bonds is 6. The highest BCUT2D eigenvalue weighted by Crippen LogP contribution is 2.28. The Morgan fingerprint density at radius 2 is 1.74 bits per heavy atom. The van der Waals surface area contributed by atoms with E-state index in [0.29, 0.717) is 6.61 Å². The zero-order valence-corrected chi connectivity index (χ0v) is 17.2. The van der Waals surface area contributed by atoms with Crippen molar-refractivity contribution in [3.05, 3.63) is 63.2 Å². The van der Waals surface area contributed by atoms with E-state index in [4.69, 9.17) is 16.3 Å². The molecule has 5 heteroatoms. The highest BCUT2D eigenvalue weighted by Gasteiger charge is 2.31. The molecule has 144 valence electrons. The van der Waals surface area contributed by atoms with Crippen LogP contribution in [0.15, 0.2) is 30.3 Å². The van der Waals surface area contributed by atoms with Crippen molar-refractivity contribution in [1.29, 1.82) is 0 Å². The SMILES string of the molecule is CNC(=O)C1CN(Cc2cc(C)c(OCc3ccc(Cl)c(C)c3)c(C)c2)C1. The predicted octanol–water partition coefficient (Wildman–Crippen LogP) is 4.02. The van der Waals surface area contributed by atoms with Gasteiger partial charge in [-0.05, 0) is 54.7 Å². The molecule has 0 saturated carbocycles. The van der Waals surface area contributed by atoms with E-state index >= 15 is 0 Å². The van der Waals surface area contributed by atoms with E-state index in [0.717, 1.165) is 52.7 Å². The molecule has 1 heterocycles. The van der Waals surface area contributed by atoms with Gasteiger partial charge in [0.1, 0.15) is 12.4 Å². The van der Waals surface area contributed by atoms with Crippen LogP contribution in [-0.2, 0) is 17.9 Å². The number of hydrogen-bond acceptors (Lipinski definition) is 3. The van der Waals surface area contributed by atoms with Crippen LogP contribution in [0, 0.1) is 26.7 Å². The molecule has 1 aliphatic heterocycles. The maximum atomic E-state index is 11.6. The first-order valence-electron chi connectivity index (χ1n) is 9.29. The molecule has 2 aromatic rings. The highest BCUT2D eigenvalue weighted by molar-refractivity contribution is 6.31. The van der Waals surface area contributed by atoms with Crippen LogP contribution in [0.4, 0.5) is 0 Å². The van der Waals surface area contributed by atoms with Gasteiger partial charge in [-0.25, -0.2) is 0 Å². The van der Waals surface area contributed by atoms with Crippen molar-refractivity contribution >= 4 is 17.5 Å². The topological polar surface area (TPSA) is 41.6 Å². The molecule has 1 saturated heterocycles. The van der Waals surface area contributed by atoms with Crippen molar-refractivity contribution in [2.24, 2.45) is 5.92 Å². The fourth-order valence-corrected chi connectivity index (χ4v) is 3.76. The molecule has 0 unspecified atom stereocenters. The Morgan fingerprint density at radius 3 is 2.33 bits per heavy atom. The summed E-state index contributed by atoms with van der Waals surface area (Å²) in [7, 11) is 1.70. The van der Waals surface area contributed by atoms with E-state index in [2.05, 4.69) is 42.3 Å². The number of ether oxygens (including phenoxy) is 1. The molecule has 1 N–H and O–H groups in total. The van der Waals surface area contributed by atoms with Crippen LogP contribution in [0.1, 0.15) is 27.8 Å². The first-order valence-corrected chi connectivity index (χ1v) is 9.67.